The van der Waals surface area contributed by atoms with Crippen LogP contribution in [-0.4, -0.2) is 33.2 Å². The smallest absolute Gasteiger partial charge is 0.343 e. The van der Waals surface area contributed by atoms with Crippen molar-refractivity contribution >= 4 is 11.9 Å². The second-order valence-corrected chi connectivity index (χ2v) is 4.05. The molecular weight excluding hydrogens is 234 g/mol. The van der Waals surface area contributed by atoms with Crippen LogP contribution in [-0.2, 0) is 9.53 Å². The van der Waals surface area contributed by atoms with Crippen molar-refractivity contribution in [2.24, 2.45) is 0 Å². The molecule has 6 nitrogen and oxygen atoms in total. The van der Waals surface area contributed by atoms with Gasteiger partial charge in [0, 0.05) is 5.92 Å². The average Bonchev–Trinajstić information content (AvgIpc) is 3.08. The summed E-state index contributed by atoms with van der Waals surface area (Å²) in [5.41, 5.74) is -0.0240. The van der Waals surface area contributed by atoms with Gasteiger partial charge in [0.25, 0.3) is 5.91 Å². The first-order valence-electron chi connectivity index (χ1n) is 5.97. The highest BCUT2D eigenvalue weighted by Gasteiger charge is 2.29. The van der Waals surface area contributed by atoms with Crippen LogP contribution in [0.1, 0.15) is 43.2 Å². The molecule has 96 valence electrons. The van der Waals surface area contributed by atoms with Gasteiger partial charge < -0.3 is 4.74 Å². The summed E-state index contributed by atoms with van der Waals surface area (Å²) >= 11 is 0. The molecular formula is C12H15N3O3. The first kappa shape index (κ1) is 12.5. The molecule has 6 heteroatoms. The predicted octanol–water partition coefficient (Wildman–Crippen LogP) is 1.31. The van der Waals surface area contributed by atoms with Crippen LogP contribution in [0.3, 0.4) is 0 Å². The summed E-state index contributed by atoms with van der Waals surface area (Å²) in [4.78, 5) is 27.7. The van der Waals surface area contributed by atoms with Crippen LogP contribution in [0.5, 0.6) is 0 Å². The van der Waals surface area contributed by atoms with E-state index in [2.05, 4.69) is 10.1 Å². The molecule has 1 fully saturated rings. The van der Waals surface area contributed by atoms with Crippen LogP contribution in [0.4, 0.5) is 0 Å². The van der Waals surface area contributed by atoms with E-state index in [1.807, 2.05) is 0 Å². The SMILES string of the molecule is C/C=C(/C(=O)OCC)C(=O)n1cnc(C2CC2)n1. The highest BCUT2D eigenvalue weighted by molar-refractivity contribution is 6.16. The normalized spacial score (nSPS) is 15.6. The van der Waals surface area contributed by atoms with E-state index in [4.69, 9.17) is 4.74 Å². The number of nitrogens with zero attached hydrogens (tertiary/aromatic N) is 3. The number of carbonyl (C=O) groups is 2. The summed E-state index contributed by atoms with van der Waals surface area (Å²) in [6.45, 7) is 3.54. The molecule has 0 saturated heterocycles. The van der Waals surface area contributed by atoms with Crippen LogP contribution in [0, 0.1) is 0 Å². The molecule has 0 amide bonds. The summed E-state index contributed by atoms with van der Waals surface area (Å²) in [7, 11) is 0. The van der Waals surface area contributed by atoms with Gasteiger partial charge in [0.1, 0.15) is 11.9 Å². The third-order valence-electron chi connectivity index (χ3n) is 2.67. The van der Waals surface area contributed by atoms with Crippen LogP contribution in [0.2, 0.25) is 0 Å². The predicted molar refractivity (Wildman–Crippen MR) is 63.0 cm³/mol. The highest BCUT2D eigenvalue weighted by Crippen LogP contribution is 2.37. The van der Waals surface area contributed by atoms with E-state index >= 15 is 0 Å². The zero-order valence-corrected chi connectivity index (χ0v) is 10.4. The lowest BCUT2D eigenvalue weighted by Crippen LogP contribution is -2.22. The highest BCUT2D eigenvalue weighted by atomic mass is 16.5. The van der Waals surface area contributed by atoms with Crippen LogP contribution < -0.4 is 0 Å². The van der Waals surface area contributed by atoms with E-state index in [0.717, 1.165) is 17.5 Å². The number of hydrogen-bond donors (Lipinski definition) is 0. The molecule has 2 rings (SSSR count). The minimum atomic E-state index is -0.631. The van der Waals surface area contributed by atoms with Gasteiger partial charge in [-0.1, -0.05) is 6.08 Å². The third-order valence-corrected chi connectivity index (χ3v) is 2.67. The molecule has 0 bridgehead atoms. The first-order chi connectivity index (χ1) is 8.67. The Morgan fingerprint density at radius 1 is 1.56 bits per heavy atom. The number of carbonyl (C=O) groups excluding carboxylic acids is 2. The van der Waals surface area contributed by atoms with Crippen molar-refractivity contribution in [3.8, 4) is 0 Å². The second-order valence-electron chi connectivity index (χ2n) is 4.05. The third kappa shape index (κ3) is 2.47. The molecule has 0 aromatic carbocycles. The Morgan fingerprint density at radius 3 is 2.83 bits per heavy atom. The van der Waals surface area contributed by atoms with Gasteiger partial charge in [0.15, 0.2) is 5.82 Å². The van der Waals surface area contributed by atoms with E-state index in [1.165, 1.54) is 12.4 Å². The fraction of sp³-hybridized carbons (Fsp3) is 0.500. The molecule has 1 heterocycles. The van der Waals surface area contributed by atoms with Gasteiger partial charge in [0.2, 0.25) is 0 Å². The zero-order chi connectivity index (χ0) is 13.1. The van der Waals surface area contributed by atoms with E-state index in [1.54, 1.807) is 13.8 Å². The summed E-state index contributed by atoms with van der Waals surface area (Å²) in [6, 6.07) is 0. The Kier molecular flexibility index (Phi) is 3.55. The molecule has 1 aliphatic rings. The molecule has 1 aromatic heterocycles. The van der Waals surface area contributed by atoms with Gasteiger partial charge in [0.05, 0.1) is 6.61 Å². The van der Waals surface area contributed by atoms with E-state index < -0.39 is 11.9 Å². The molecule has 1 aromatic rings. The minimum Gasteiger partial charge on any atom is -0.462 e. The van der Waals surface area contributed by atoms with Gasteiger partial charge in [-0.05, 0) is 26.7 Å². The van der Waals surface area contributed by atoms with Crippen molar-refractivity contribution in [2.45, 2.75) is 32.6 Å². The maximum absolute atomic E-state index is 12.0. The molecule has 0 N–H and O–H groups in total. The van der Waals surface area contributed by atoms with Crippen LogP contribution in [0.25, 0.3) is 0 Å². The number of ether oxygens (including phenoxy) is 1. The number of aromatic nitrogens is 3. The monoisotopic (exact) mass is 249 g/mol. The summed E-state index contributed by atoms with van der Waals surface area (Å²) < 4.78 is 5.91. The van der Waals surface area contributed by atoms with Gasteiger partial charge in [-0.3, -0.25) is 4.79 Å². The quantitative estimate of drug-likeness (QED) is 0.348. The van der Waals surface area contributed by atoms with Crippen molar-refractivity contribution in [2.75, 3.05) is 6.61 Å². The number of hydrogen-bond acceptors (Lipinski definition) is 5. The minimum absolute atomic E-state index is 0.0240. The van der Waals surface area contributed by atoms with E-state index in [0.29, 0.717) is 11.7 Å². The maximum Gasteiger partial charge on any atom is 0.343 e. The fourth-order valence-corrected chi connectivity index (χ4v) is 1.56. The lowest BCUT2D eigenvalue weighted by molar-refractivity contribution is -0.138. The summed E-state index contributed by atoms with van der Waals surface area (Å²) in [5.74, 6) is -0.0952. The topological polar surface area (TPSA) is 74.1 Å². The Balaban J connectivity index is 2.15. The Bertz CT molecular complexity index is 500. The first-order valence-corrected chi connectivity index (χ1v) is 5.97. The average molecular weight is 249 g/mol. The van der Waals surface area contributed by atoms with Gasteiger partial charge in [-0.15, -0.1) is 5.10 Å². The standard InChI is InChI=1S/C12H15N3O3/c1-3-9(12(17)18-4-2)11(16)15-7-13-10(14-15)8-5-6-8/h3,7-8H,4-6H2,1-2H3/b9-3+. The fourth-order valence-electron chi connectivity index (χ4n) is 1.56. The van der Waals surface area contributed by atoms with Crippen LogP contribution >= 0.6 is 0 Å². The van der Waals surface area contributed by atoms with Gasteiger partial charge in [-0.2, -0.15) is 4.68 Å². The van der Waals surface area contributed by atoms with Crippen molar-refractivity contribution in [1.29, 1.82) is 0 Å². The zero-order valence-electron chi connectivity index (χ0n) is 10.4. The van der Waals surface area contributed by atoms with Crippen molar-refractivity contribution in [1.82, 2.24) is 14.8 Å². The largest absolute Gasteiger partial charge is 0.462 e. The summed E-state index contributed by atoms with van der Waals surface area (Å²) in [6.07, 6.45) is 4.90. The van der Waals surface area contributed by atoms with E-state index in [-0.39, 0.29) is 12.2 Å². The van der Waals surface area contributed by atoms with Crippen LogP contribution in [0.15, 0.2) is 18.0 Å². The Labute approximate surface area is 105 Å². The molecule has 0 aliphatic heterocycles. The number of allylic oxidation sites excluding steroid dienone is 1. The lowest BCUT2D eigenvalue weighted by atomic mass is 10.2. The molecule has 0 radical (unpaired) electrons. The van der Waals surface area contributed by atoms with Crippen molar-refractivity contribution in [3.05, 3.63) is 23.8 Å². The van der Waals surface area contributed by atoms with Crippen molar-refractivity contribution < 1.29 is 14.3 Å². The molecule has 0 atom stereocenters. The van der Waals surface area contributed by atoms with Gasteiger partial charge in [-0.25, -0.2) is 9.78 Å². The van der Waals surface area contributed by atoms with Crippen molar-refractivity contribution in [3.63, 3.8) is 0 Å². The van der Waals surface area contributed by atoms with Gasteiger partial charge >= 0.3 is 5.97 Å². The second kappa shape index (κ2) is 5.12. The molecule has 0 unspecified atom stereocenters. The molecule has 1 saturated carbocycles. The lowest BCUT2D eigenvalue weighted by Gasteiger charge is -2.04. The molecule has 18 heavy (non-hydrogen) atoms. The molecule has 1 aliphatic carbocycles. The number of esters is 1. The Morgan fingerprint density at radius 2 is 2.28 bits per heavy atom. The molecule has 0 spiro atoms. The summed E-state index contributed by atoms with van der Waals surface area (Å²) in [5, 5.41) is 4.09. The Hall–Kier alpha value is -1.98. The van der Waals surface area contributed by atoms with E-state index in [9.17, 15) is 9.59 Å². The number of rotatable bonds is 4. The maximum atomic E-state index is 12.0.